The molecule has 1 fully saturated rings. The maximum absolute atomic E-state index is 9.68. The zero-order valence-electron chi connectivity index (χ0n) is 11.2. The first kappa shape index (κ1) is 13.4. The maximum Gasteiger partial charge on any atom is 0.0613 e. The molecule has 100 valence electrons. The van der Waals surface area contributed by atoms with Crippen LogP contribution in [0.1, 0.15) is 38.2 Å². The van der Waals surface area contributed by atoms with Gasteiger partial charge in [-0.05, 0) is 43.2 Å². The Bertz CT molecular complexity index is 384. The molecule has 0 radical (unpaired) electrons. The lowest BCUT2D eigenvalue weighted by Crippen LogP contribution is -2.50. The highest BCUT2D eigenvalue weighted by molar-refractivity contribution is 5.46. The van der Waals surface area contributed by atoms with Crippen molar-refractivity contribution < 1.29 is 5.11 Å². The number of para-hydroxylation sites is 1. The molecule has 0 spiro atoms. The Morgan fingerprint density at radius 3 is 2.61 bits per heavy atom. The first-order valence-corrected chi connectivity index (χ1v) is 6.84. The molecule has 2 rings (SSSR count). The van der Waals surface area contributed by atoms with Crippen LogP contribution < -0.4 is 11.1 Å². The van der Waals surface area contributed by atoms with E-state index in [1.807, 2.05) is 24.3 Å². The Morgan fingerprint density at radius 1 is 1.33 bits per heavy atom. The van der Waals surface area contributed by atoms with Gasteiger partial charge >= 0.3 is 0 Å². The van der Waals surface area contributed by atoms with Gasteiger partial charge in [0.15, 0.2) is 0 Å². The average Bonchev–Trinajstić information content (AvgIpc) is 2.40. The van der Waals surface area contributed by atoms with Gasteiger partial charge in [-0.1, -0.05) is 25.1 Å². The molecular formula is C15H24N2O. The molecule has 1 aliphatic carbocycles. The monoisotopic (exact) mass is 248 g/mol. The Morgan fingerprint density at radius 2 is 2.00 bits per heavy atom. The van der Waals surface area contributed by atoms with Crippen LogP contribution in [0.2, 0.25) is 0 Å². The van der Waals surface area contributed by atoms with Crippen molar-refractivity contribution in [3.8, 4) is 0 Å². The van der Waals surface area contributed by atoms with E-state index in [-0.39, 0.29) is 12.1 Å². The number of hydrogen-bond donors (Lipinski definition) is 3. The van der Waals surface area contributed by atoms with Gasteiger partial charge in [0.2, 0.25) is 0 Å². The zero-order valence-corrected chi connectivity index (χ0v) is 11.2. The molecule has 0 heterocycles. The minimum Gasteiger partial charge on any atom is -0.398 e. The number of benzene rings is 1. The van der Waals surface area contributed by atoms with Gasteiger partial charge < -0.3 is 16.2 Å². The third-order valence-electron chi connectivity index (χ3n) is 4.24. The van der Waals surface area contributed by atoms with Crippen molar-refractivity contribution in [1.29, 1.82) is 0 Å². The van der Waals surface area contributed by atoms with Crippen LogP contribution in [0, 0.1) is 5.92 Å². The number of anilines is 1. The summed E-state index contributed by atoms with van der Waals surface area (Å²) >= 11 is 0. The second kappa shape index (κ2) is 5.72. The Kier molecular flexibility index (Phi) is 4.25. The molecule has 0 aliphatic heterocycles. The molecule has 0 bridgehead atoms. The predicted octanol–water partition coefficient (Wildman–Crippen LogP) is 2.30. The number of aliphatic hydroxyl groups excluding tert-OH is 1. The summed E-state index contributed by atoms with van der Waals surface area (Å²) in [6.07, 6.45) is 4.49. The van der Waals surface area contributed by atoms with Gasteiger partial charge in [0.25, 0.3) is 0 Å². The van der Waals surface area contributed by atoms with Crippen LogP contribution in [-0.4, -0.2) is 17.3 Å². The zero-order chi connectivity index (χ0) is 13.0. The lowest BCUT2D eigenvalue weighted by atomic mass is 9.77. The number of hydrogen-bond acceptors (Lipinski definition) is 3. The van der Waals surface area contributed by atoms with Crippen molar-refractivity contribution in [2.45, 2.75) is 44.7 Å². The highest BCUT2D eigenvalue weighted by Gasteiger charge is 2.32. The number of nitrogens with one attached hydrogen (secondary N) is 1. The van der Waals surface area contributed by atoms with E-state index in [0.717, 1.165) is 36.6 Å². The van der Waals surface area contributed by atoms with E-state index in [2.05, 4.69) is 12.2 Å². The molecule has 1 aromatic rings. The summed E-state index contributed by atoms with van der Waals surface area (Å²) in [5.74, 6) is 0.785. The second-order valence-electron chi connectivity index (χ2n) is 5.67. The lowest BCUT2D eigenvalue weighted by molar-refractivity contribution is 0.104. The van der Waals surface area contributed by atoms with Crippen LogP contribution in [0.25, 0.3) is 0 Å². The van der Waals surface area contributed by atoms with Gasteiger partial charge in [0.05, 0.1) is 6.61 Å². The van der Waals surface area contributed by atoms with Gasteiger partial charge in [-0.2, -0.15) is 0 Å². The Balaban J connectivity index is 1.97. The fraction of sp³-hybridized carbons (Fsp3) is 0.600. The highest BCUT2D eigenvalue weighted by atomic mass is 16.3. The van der Waals surface area contributed by atoms with E-state index in [4.69, 9.17) is 5.73 Å². The molecule has 0 atom stereocenters. The molecule has 3 nitrogen and oxygen atoms in total. The molecule has 1 aliphatic rings. The molecule has 0 aromatic heterocycles. The van der Waals surface area contributed by atoms with E-state index in [0.29, 0.717) is 0 Å². The molecule has 1 aromatic carbocycles. The number of rotatable bonds is 4. The van der Waals surface area contributed by atoms with Crippen LogP contribution in [0.3, 0.4) is 0 Å². The van der Waals surface area contributed by atoms with E-state index < -0.39 is 0 Å². The standard InChI is InChI=1S/C15H24N2O/c1-12-6-8-15(11-18,9-7-12)17-10-13-4-2-3-5-14(13)16/h2-5,12,17-18H,6-11,16H2,1H3. The van der Waals surface area contributed by atoms with Crippen molar-refractivity contribution in [2.24, 2.45) is 5.92 Å². The molecule has 4 N–H and O–H groups in total. The third kappa shape index (κ3) is 3.03. The van der Waals surface area contributed by atoms with E-state index in [1.165, 1.54) is 12.8 Å². The van der Waals surface area contributed by atoms with Crippen LogP contribution in [0.5, 0.6) is 0 Å². The predicted molar refractivity (Wildman–Crippen MR) is 75.1 cm³/mol. The molecule has 18 heavy (non-hydrogen) atoms. The largest absolute Gasteiger partial charge is 0.398 e. The quantitative estimate of drug-likeness (QED) is 0.717. The molecule has 1 saturated carbocycles. The van der Waals surface area contributed by atoms with Crippen molar-refractivity contribution in [2.75, 3.05) is 12.3 Å². The van der Waals surface area contributed by atoms with Crippen molar-refractivity contribution in [1.82, 2.24) is 5.32 Å². The van der Waals surface area contributed by atoms with Crippen molar-refractivity contribution >= 4 is 5.69 Å². The molecular weight excluding hydrogens is 224 g/mol. The van der Waals surface area contributed by atoms with E-state index in [1.54, 1.807) is 0 Å². The first-order chi connectivity index (χ1) is 8.65. The van der Waals surface area contributed by atoms with E-state index >= 15 is 0 Å². The average molecular weight is 248 g/mol. The molecule has 0 saturated heterocycles. The lowest BCUT2D eigenvalue weighted by Gasteiger charge is -2.39. The summed E-state index contributed by atoms with van der Waals surface area (Å²) in [6, 6.07) is 7.91. The third-order valence-corrected chi connectivity index (χ3v) is 4.24. The fourth-order valence-electron chi connectivity index (χ4n) is 2.68. The number of nitrogen functional groups attached to an aromatic ring is 1. The summed E-state index contributed by atoms with van der Waals surface area (Å²) in [6.45, 7) is 3.24. The topological polar surface area (TPSA) is 58.3 Å². The normalized spacial score (nSPS) is 28.2. The SMILES string of the molecule is CC1CCC(CO)(NCc2ccccc2N)CC1. The smallest absolute Gasteiger partial charge is 0.0613 e. The van der Waals surface area contributed by atoms with Gasteiger partial charge in [0.1, 0.15) is 0 Å². The summed E-state index contributed by atoms with van der Waals surface area (Å²) in [5.41, 5.74) is 7.77. The molecule has 0 amide bonds. The van der Waals surface area contributed by atoms with E-state index in [9.17, 15) is 5.11 Å². The fourth-order valence-corrected chi connectivity index (χ4v) is 2.68. The maximum atomic E-state index is 9.68. The van der Waals surface area contributed by atoms with Gasteiger partial charge in [-0.3, -0.25) is 0 Å². The Hall–Kier alpha value is -1.06. The summed E-state index contributed by atoms with van der Waals surface area (Å²) in [4.78, 5) is 0. The van der Waals surface area contributed by atoms with Crippen LogP contribution in [-0.2, 0) is 6.54 Å². The van der Waals surface area contributed by atoms with Gasteiger partial charge in [-0.25, -0.2) is 0 Å². The van der Waals surface area contributed by atoms with Crippen LogP contribution >= 0.6 is 0 Å². The summed E-state index contributed by atoms with van der Waals surface area (Å²) in [7, 11) is 0. The van der Waals surface area contributed by atoms with Crippen LogP contribution in [0.15, 0.2) is 24.3 Å². The second-order valence-corrected chi connectivity index (χ2v) is 5.67. The minimum absolute atomic E-state index is 0.102. The van der Waals surface area contributed by atoms with Gasteiger partial charge in [0, 0.05) is 17.8 Å². The van der Waals surface area contributed by atoms with Crippen molar-refractivity contribution in [3.05, 3.63) is 29.8 Å². The van der Waals surface area contributed by atoms with Crippen molar-refractivity contribution in [3.63, 3.8) is 0 Å². The Labute approximate surface area is 109 Å². The molecule has 3 heteroatoms. The number of nitrogens with two attached hydrogens (primary N) is 1. The number of aliphatic hydroxyl groups is 1. The molecule has 0 unspecified atom stereocenters. The first-order valence-electron chi connectivity index (χ1n) is 6.84. The highest BCUT2D eigenvalue weighted by Crippen LogP contribution is 2.32. The minimum atomic E-state index is -0.102. The summed E-state index contributed by atoms with van der Waals surface area (Å²) in [5, 5.41) is 13.2. The summed E-state index contributed by atoms with van der Waals surface area (Å²) < 4.78 is 0. The van der Waals surface area contributed by atoms with Crippen LogP contribution in [0.4, 0.5) is 5.69 Å². The van der Waals surface area contributed by atoms with Gasteiger partial charge in [-0.15, -0.1) is 0 Å².